The highest BCUT2D eigenvalue weighted by Gasteiger charge is 2.39. The van der Waals surface area contributed by atoms with Crippen LogP contribution in [0.1, 0.15) is 12.5 Å². The fraction of sp³-hybridized carbons (Fsp3) is 0.533. The van der Waals surface area contributed by atoms with Crippen LogP contribution in [0.3, 0.4) is 0 Å². The highest BCUT2D eigenvalue weighted by molar-refractivity contribution is 5.82. The lowest BCUT2D eigenvalue weighted by Crippen LogP contribution is -2.32. The Morgan fingerprint density at radius 1 is 1.32 bits per heavy atom. The van der Waals surface area contributed by atoms with Crippen LogP contribution in [0, 0.1) is 11.8 Å². The van der Waals surface area contributed by atoms with Gasteiger partial charge in [0.25, 0.3) is 0 Å². The molecule has 4 nitrogen and oxygen atoms in total. The van der Waals surface area contributed by atoms with Crippen molar-refractivity contribution < 1.29 is 9.90 Å². The lowest BCUT2D eigenvalue weighted by atomic mass is 9.92. The Kier molecular flexibility index (Phi) is 4.56. The van der Waals surface area contributed by atoms with E-state index in [0.717, 1.165) is 13.1 Å². The van der Waals surface area contributed by atoms with Crippen LogP contribution in [0.5, 0.6) is 0 Å². The first-order valence-electron chi connectivity index (χ1n) is 6.75. The van der Waals surface area contributed by atoms with E-state index >= 15 is 0 Å². The number of rotatable bonds is 5. The van der Waals surface area contributed by atoms with E-state index in [1.54, 1.807) is 0 Å². The minimum Gasteiger partial charge on any atom is -0.394 e. The second kappa shape index (κ2) is 6.17. The zero-order chi connectivity index (χ0) is 13.8. The molecule has 4 heteroatoms. The Morgan fingerprint density at radius 2 is 2.00 bits per heavy atom. The van der Waals surface area contributed by atoms with E-state index in [9.17, 15) is 9.90 Å². The Labute approximate surface area is 114 Å². The van der Waals surface area contributed by atoms with E-state index in [4.69, 9.17) is 0 Å². The third-order valence-electron chi connectivity index (χ3n) is 3.93. The molecule has 1 amide bonds. The molecule has 3 atom stereocenters. The Morgan fingerprint density at radius 3 is 2.58 bits per heavy atom. The largest absolute Gasteiger partial charge is 0.394 e. The number of hydrogen-bond acceptors (Lipinski definition) is 3. The van der Waals surface area contributed by atoms with Gasteiger partial charge in [0.1, 0.15) is 0 Å². The summed E-state index contributed by atoms with van der Waals surface area (Å²) in [5, 5.41) is 12.1. The molecule has 0 bridgehead atoms. The Balaban J connectivity index is 1.92. The molecule has 1 aliphatic heterocycles. The molecule has 0 saturated carbocycles. The zero-order valence-electron chi connectivity index (χ0n) is 11.5. The van der Waals surface area contributed by atoms with Crippen molar-refractivity contribution in [3.05, 3.63) is 35.9 Å². The monoisotopic (exact) mass is 262 g/mol. The summed E-state index contributed by atoms with van der Waals surface area (Å²) in [6.07, 6.45) is 0. The van der Waals surface area contributed by atoms with E-state index in [1.165, 1.54) is 5.56 Å². The van der Waals surface area contributed by atoms with Gasteiger partial charge < -0.3 is 15.3 Å². The van der Waals surface area contributed by atoms with Crippen molar-refractivity contribution in [2.24, 2.45) is 11.8 Å². The average Bonchev–Trinajstić information content (AvgIpc) is 2.67. The molecular formula is C15H22N2O2. The number of benzene rings is 1. The van der Waals surface area contributed by atoms with Crippen LogP contribution >= 0.6 is 0 Å². The van der Waals surface area contributed by atoms with E-state index in [0.29, 0.717) is 0 Å². The predicted octanol–water partition coefficient (Wildman–Crippen LogP) is 0.861. The number of amides is 1. The molecule has 0 radical (unpaired) electrons. The van der Waals surface area contributed by atoms with E-state index in [-0.39, 0.29) is 30.4 Å². The van der Waals surface area contributed by atoms with E-state index in [1.807, 2.05) is 32.2 Å². The number of carbonyl (C=O) groups is 1. The first-order chi connectivity index (χ1) is 9.11. The number of nitrogens with one attached hydrogen (secondary N) is 1. The lowest BCUT2D eigenvalue weighted by Gasteiger charge is -2.23. The Bertz CT molecular complexity index is 421. The molecule has 1 aromatic carbocycles. The number of hydrogen-bond donors (Lipinski definition) is 2. The minimum atomic E-state index is -0.0948. The quantitative estimate of drug-likeness (QED) is 0.827. The summed E-state index contributed by atoms with van der Waals surface area (Å²) < 4.78 is 0. The fourth-order valence-electron chi connectivity index (χ4n) is 2.70. The number of aliphatic hydroxyl groups is 1. The summed E-state index contributed by atoms with van der Waals surface area (Å²) in [6, 6.07) is 10.1. The van der Waals surface area contributed by atoms with Gasteiger partial charge in [-0.05, 0) is 18.5 Å². The van der Waals surface area contributed by atoms with Gasteiger partial charge in [0, 0.05) is 13.1 Å². The maximum atomic E-state index is 11.9. The fourth-order valence-corrected chi connectivity index (χ4v) is 2.70. The molecule has 2 rings (SSSR count). The van der Waals surface area contributed by atoms with Crippen LogP contribution in [0.4, 0.5) is 0 Å². The summed E-state index contributed by atoms with van der Waals surface area (Å²) in [4.78, 5) is 14.1. The summed E-state index contributed by atoms with van der Waals surface area (Å²) in [5.74, 6) is 0.202. The van der Waals surface area contributed by atoms with Crippen molar-refractivity contribution in [2.45, 2.75) is 19.5 Å². The van der Waals surface area contributed by atoms with Gasteiger partial charge in [-0.15, -0.1) is 0 Å². The first-order valence-corrected chi connectivity index (χ1v) is 6.75. The van der Waals surface area contributed by atoms with Gasteiger partial charge in [0.2, 0.25) is 5.91 Å². The van der Waals surface area contributed by atoms with Crippen LogP contribution in [-0.2, 0) is 11.3 Å². The number of aliphatic hydroxyl groups excluding tert-OH is 1. The molecule has 1 aromatic rings. The maximum absolute atomic E-state index is 11.9. The van der Waals surface area contributed by atoms with Gasteiger partial charge in [-0.1, -0.05) is 37.3 Å². The summed E-state index contributed by atoms with van der Waals surface area (Å²) >= 11 is 0. The van der Waals surface area contributed by atoms with Crippen molar-refractivity contribution in [2.75, 3.05) is 20.2 Å². The molecular weight excluding hydrogens is 240 g/mol. The van der Waals surface area contributed by atoms with Gasteiger partial charge >= 0.3 is 0 Å². The third-order valence-corrected chi connectivity index (χ3v) is 3.93. The maximum Gasteiger partial charge on any atom is 0.225 e. The van der Waals surface area contributed by atoms with Gasteiger partial charge in [-0.25, -0.2) is 0 Å². The highest BCUT2D eigenvalue weighted by Crippen LogP contribution is 2.24. The van der Waals surface area contributed by atoms with Crippen molar-refractivity contribution in [1.82, 2.24) is 10.2 Å². The topological polar surface area (TPSA) is 52.6 Å². The predicted molar refractivity (Wildman–Crippen MR) is 74.4 cm³/mol. The van der Waals surface area contributed by atoms with Gasteiger partial charge in [0.05, 0.1) is 18.6 Å². The highest BCUT2D eigenvalue weighted by atomic mass is 16.3. The van der Waals surface area contributed by atoms with Crippen LogP contribution in [0.25, 0.3) is 0 Å². The normalized spacial score (nSPS) is 26.7. The Hall–Kier alpha value is -1.39. The number of nitrogens with zero attached hydrogens (tertiary/aromatic N) is 1. The van der Waals surface area contributed by atoms with Crippen molar-refractivity contribution >= 4 is 5.91 Å². The van der Waals surface area contributed by atoms with Crippen LogP contribution in [0.15, 0.2) is 30.3 Å². The number of carbonyl (C=O) groups excluding carboxylic acids is 1. The van der Waals surface area contributed by atoms with E-state index in [2.05, 4.69) is 22.3 Å². The smallest absolute Gasteiger partial charge is 0.225 e. The third kappa shape index (κ3) is 3.33. The second-order valence-corrected chi connectivity index (χ2v) is 5.45. The van der Waals surface area contributed by atoms with Crippen molar-refractivity contribution in [1.29, 1.82) is 0 Å². The first kappa shape index (κ1) is 14.0. The lowest BCUT2D eigenvalue weighted by molar-refractivity contribution is -0.123. The minimum absolute atomic E-state index is 0.0196. The van der Waals surface area contributed by atoms with Crippen molar-refractivity contribution in [3.63, 3.8) is 0 Å². The molecule has 0 aliphatic carbocycles. The van der Waals surface area contributed by atoms with Gasteiger partial charge in [-0.3, -0.25) is 4.79 Å². The molecule has 0 spiro atoms. The van der Waals surface area contributed by atoms with Gasteiger partial charge in [0.15, 0.2) is 0 Å². The summed E-state index contributed by atoms with van der Waals surface area (Å²) in [5.41, 5.74) is 1.25. The molecule has 0 unspecified atom stereocenters. The molecule has 1 aliphatic rings. The van der Waals surface area contributed by atoms with Crippen LogP contribution < -0.4 is 5.32 Å². The van der Waals surface area contributed by atoms with Gasteiger partial charge in [-0.2, -0.15) is 0 Å². The van der Waals surface area contributed by atoms with Crippen LogP contribution in [0.2, 0.25) is 0 Å². The molecule has 1 fully saturated rings. The molecule has 1 heterocycles. The molecule has 19 heavy (non-hydrogen) atoms. The average molecular weight is 262 g/mol. The second-order valence-electron chi connectivity index (χ2n) is 5.45. The molecule has 0 aromatic heterocycles. The standard InChI is InChI=1S/C15H22N2O2/c1-11-13(15(19)16-14(11)10-18)9-17(2)8-12-6-4-3-5-7-12/h3-7,11,13-14,18H,8-10H2,1-2H3,(H,16,19)/t11-,13+,14+/m0/s1. The molecule has 2 N–H and O–H groups in total. The van der Waals surface area contributed by atoms with Crippen LogP contribution in [-0.4, -0.2) is 42.2 Å². The SMILES string of the molecule is C[C@@H]1[C@@H](CO)NC(=O)[C@@H]1CN(C)Cc1ccccc1. The zero-order valence-corrected chi connectivity index (χ0v) is 11.5. The summed E-state index contributed by atoms with van der Waals surface area (Å²) in [6.45, 7) is 3.60. The summed E-state index contributed by atoms with van der Waals surface area (Å²) in [7, 11) is 2.03. The molecule has 1 saturated heterocycles. The molecule has 104 valence electrons. The van der Waals surface area contributed by atoms with Crippen molar-refractivity contribution in [3.8, 4) is 0 Å². The van der Waals surface area contributed by atoms with E-state index < -0.39 is 0 Å².